The summed E-state index contributed by atoms with van der Waals surface area (Å²) in [5, 5.41) is 4.23. The Labute approximate surface area is 161 Å². The normalized spacial score (nSPS) is 11.1. The van der Waals surface area contributed by atoms with Crippen LogP contribution in [0.4, 0.5) is 5.69 Å². The second-order valence-electron chi connectivity index (χ2n) is 5.61. The summed E-state index contributed by atoms with van der Waals surface area (Å²) in [6.45, 7) is 1.61. The Morgan fingerprint density at radius 2 is 1.93 bits per heavy atom. The topological polar surface area (TPSA) is 97.4 Å². The fourth-order valence-electron chi connectivity index (χ4n) is 2.09. The highest BCUT2D eigenvalue weighted by molar-refractivity contribution is 7.91. The maximum Gasteiger partial charge on any atom is 0.250 e. The predicted octanol–water partition coefficient (Wildman–Crippen LogP) is 3.16. The van der Waals surface area contributed by atoms with Crippen LogP contribution in [-0.2, 0) is 14.8 Å². The van der Waals surface area contributed by atoms with Crippen molar-refractivity contribution in [2.24, 2.45) is 0 Å². The number of hydrogen-bond acceptors (Lipinski definition) is 6. The Bertz CT molecular complexity index is 1000. The molecule has 3 aromatic rings. The van der Waals surface area contributed by atoms with Crippen molar-refractivity contribution in [1.29, 1.82) is 0 Å². The number of anilines is 1. The summed E-state index contributed by atoms with van der Waals surface area (Å²) in [4.78, 5) is 16.1. The van der Waals surface area contributed by atoms with E-state index < -0.39 is 15.9 Å². The van der Waals surface area contributed by atoms with Gasteiger partial charge < -0.3 is 10.1 Å². The Balaban J connectivity index is 1.53. The number of ether oxygens (including phenoxy) is 1. The number of aromatic nitrogens is 1. The molecule has 7 nitrogen and oxygen atoms in total. The Hall–Kier alpha value is -2.75. The van der Waals surface area contributed by atoms with E-state index in [1.54, 1.807) is 23.6 Å². The van der Waals surface area contributed by atoms with Crippen LogP contribution in [-0.4, -0.2) is 25.9 Å². The summed E-state index contributed by atoms with van der Waals surface area (Å²) < 4.78 is 32.0. The van der Waals surface area contributed by atoms with Crippen molar-refractivity contribution in [3.8, 4) is 11.6 Å². The van der Waals surface area contributed by atoms with E-state index in [9.17, 15) is 13.2 Å². The lowest BCUT2D eigenvalue weighted by Gasteiger charge is -2.08. The molecule has 0 fully saturated rings. The number of rotatable bonds is 7. The summed E-state index contributed by atoms with van der Waals surface area (Å²) >= 11 is 1.08. The third-order valence-corrected chi connectivity index (χ3v) is 6.24. The zero-order valence-electron chi connectivity index (χ0n) is 14.4. The molecule has 2 heterocycles. The number of amides is 1. The molecule has 0 saturated carbocycles. The fourth-order valence-corrected chi connectivity index (χ4v) is 4.11. The molecule has 3 rings (SSSR count). The van der Waals surface area contributed by atoms with Crippen LogP contribution in [0.3, 0.4) is 0 Å². The minimum absolute atomic E-state index is 0.162. The van der Waals surface area contributed by atoms with E-state index in [1.807, 2.05) is 31.2 Å². The molecular formula is C18H17N3O4S2. The molecule has 1 aromatic carbocycles. The van der Waals surface area contributed by atoms with Gasteiger partial charge >= 0.3 is 0 Å². The molecule has 0 aliphatic heterocycles. The van der Waals surface area contributed by atoms with E-state index in [0.717, 1.165) is 16.9 Å². The molecule has 0 atom stereocenters. The first-order valence-corrected chi connectivity index (χ1v) is 10.3. The van der Waals surface area contributed by atoms with Gasteiger partial charge in [-0.15, -0.1) is 11.3 Å². The van der Waals surface area contributed by atoms with Crippen molar-refractivity contribution >= 4 is 33.0 Å². The summed E-state index contributed by atoms with van der Waals surface area (Å²) in [6, 6.07) is 13.9. The minimum Gasteiger partial charge on any atom is -0.439 e. The number of carbonyl (C=O) groups is 1. The fraction of sp³-hybridized carbons (Fsp3) is 0.111. The second-order valence-corrected chi connectivity index (χ2v) is 8.55. The van der Waals surface area contributed by atoms with E-state index >= 15 is 0 Å². The third kappa shape index (κ3) is 5.36. The van der Waals surface area contributed by atoms with E-state index in [1.165, 1.54) is 12.3 Å². The van der Waals surface area contributed by atoms with Crippen LogP contribution in [0, 0.1) is 6.92 Å². The molecule has 9 heteroatoms. The quantitative estimate of drug-likeness (QED) is 0.632. The van der Waals surface area contributed by atoms with Gasteiger partial charge in [-0.25, -0.2) is 18.1 Å². The Morgan fingerprint density at radius 1 is 1.15 bits per heavy atom. The van der Waals surface area contributed by atoms with Gasteiger partial charge in [-0.05, 0) is 36.6 Å². The van der Waals surface area contributed by atoms with Gasteiger partial charge in [0.05, 0.1) is 18.4 Å². The molecule has 2 N–H and O–H groups in total. The molecule has 0 bridgehead atoms. The van der Waals surface area contributed by atoms with E-state index in [-0.39, 0.29) is 10.8 Å². The number of aryl methyl sites for hydroxylation is 1. The molecule has 0 unspecified atom stereocenters. The lowest BCUT2D eigenvalue weighted by molar-refractivity contribution is -0.115. The number of pyridine rings is 1. The van der Waals surface area contributed by atoms with Crippen molar-refractivity contribution in [3.63, 3.8) is 0 Å². The zero-order chi connectivity index (χ0) is 19.3. The first kappa shape index (κ1) is 19.0. The molecule has 2 aromatic heterocycles. The number of nitrogens with zero attached hydrogens (tertiary/aromatic N) is 1. The number of sulfonamides is 1. The number of thiophene rings is 1. The lowest BCUT2D eigenvalue weighted by atomic mass is 10.2. The highest BCUT2D eigenvalue weighted by Crippen LogP contribution is 2.20. The molecule has 0 aliphatic rings. The van der Waals surface area contributed by atoms with Crippen LogP contribution >= 0.6 is 11.3 Å². The molecule has 1 amide bonds. The maximum atomic E-state index is 12.0. The van der Waals surface area contributed by atoms with Crippen LogP contribution in [0.2, 0.25) is 0 Å². The monoisotopic (exact) mass is 403 g/mol. The van der Waals surface area contributed by atoms with Gasteiger partial charge in [-0.1, -0.05) is 23.8 Å². The molecule has 0 aliphatic carbocycles. The van der Waals surface area contributed by atoms with Gasteiger partial charge in [0, 0.05) is 6.07 Å². The van der Waals surface area contributed by atoms with Crippen molar-refractivity contribution in [2.75, 3.05) is 11.9 Å². The van der Waals surface area contributed by atoms with Crippen molar-refractivity contribution < 1.29 is 17.9 Å². The number of carbonyl (C=O) groups excluding carboxylic acids is 1. The van der Waals surface area contributed by atoms with Gasteiger partial charge in [0.2, 0.25) is 11.8 Å². The summed E-state index contributed by atoms with van der Waals surface area (Å²) in [6.07, 6.45) is 1.44. The van der Waals surface area contributed by atoms with Gasteiger partial charge in [0.15, 0.2) is 0 Å². The standard InChI is InChI=1S/C18H17N3O4S2/c1-13-4-7-15(8-5-13)25-17-9-6-14(11-19-17)21-16(22)12-20-27(23,24)18-3-2-10-26-18/h2-11,20H,12H2,1H3,(H,21,22). The van der Waals surface area contributed by atoms with Gasteiger partial charge in [0.1, 0.15) is 9.96 Å². The van der Waals surface area contributed by atoms with E-state index in [4.69, 9.17) is 4.74 Å². The zero-order valence-corrected chi connectivity index (χ0v) is 16.0. The summed E-state index contributed by atoms with van der Waals surface area (Å²) in [5.41, 5.74) is 1.56. The van der Waals surface area contributed by atoms with Gasteiger partial charge in [-0.3, -0.25) is 4.79 Å². The largest absolute Gasteiger partial charge is 0.439 e. The smallest absolute Gasteiger partial charge is 0.250 e. The number of nitrogens with one attached hydrogen (secondary N) is 2. The molecule has 0 saturated heterocycles. The third-order valence-electron chi connectivity index (χ3n) is 3.45. The van der Waals surface area contributed by atoms with Crippen LogP contribution < -0.4 is 14.8 Å². The van der Waals surface area contributed by atoms with Crippen molar-refractivity contribution in [3.05, 3.63) is 65.7 Å². The first-order valence-electron chi connectivity index (χ1n) is 7.96. The highest BCUT2D eigenvalue weighted by atomic mass is 32.2. The van der Waals surface area contributed by atoms with Crippen LogP contribution in [0.25, 0.3) is 0 Å². The molecule has 140 valence electrons. The maximum absolute atomic E-state index is 12.0. The minimum atomic E-state index is -3.68. The predicted molar refractivity (Wildman–Crippen MR) is 104 cm³/mol. The lowest BCUT2D eigenvalue weighted by Crippen LogP contribution is -2.32. The van der Waals surface area contributed by atoms with Crippen molar-refractivity contribution in [2.45, 2.75) is 11.1 Å². The summed E-state index contributed by atoms with van der Waals surface area (Å²) in [5.74, 6) is 0.548. The Morgan fingerprint density at radius 3 is 2.56 bits per heavy atom. The average molecular weight is 403 g/mol. The highest BCUT2D eigenvalue weighted by Gasteiger charge is 2.16. The van der Waals surface area contributed by atoms with Gasteiger partial charge in [-0.2, -0.15) is 0 Å². The van der Waals surface area contributed by atoms with Crippen LogP contribution in [0.15, 0.2) is 64.3 Å². The Kier molecular flexibility index (Phi) is 5.84. The second kappa shape index (κ2) is 8.30. The number of benzene rings is 1. The summed E-state index contributed by atoms with van der Waals surface area (Å²) in [7, 11) is -3.68. The SMILES string of the molecule is Cc1ccc(Oc2ccc(NC(=O)CNS(=O)(=O)c3cccs3)cn2)cc1. The molecular weight excluding hydrogens is 386 g/mol. The van der Waals surface area contributed by atoms with Crippen LogP contribution in [0.5, 0.6) is 11.6 Å². The first-order chi connectivity index (χ1) is 12.9. The molecule has 27 heavy (non-hydrogen) atoms. The number of hydrogen-bond donors (Lipinski definition) is 2. The van der Waals surface area contributed by atoms with Crippen molar-refractivity contribution in [1.82, 2.24) is 9.71 Å². The average Bonchev–Trinajstić information content (AvgIpc) is 3.19. The van der Waals surface area contributed by atoms with E-state index in [0.29, 0.717) is 17.3 Å². The van der Waals surface area contributed by atoms with Crippen LogP contribution in [0.1, 0.15) is 5.56 Å². The van der Waals surface area contributed by atoms with E-state index in [2.05, 4.69) is 15.0 Å². The molecule has 0 spiro atoms. The molecule has 0 radical (unpaired) electrons. The van der Waals surface area contributed by atoms with Gasteiger partial charge in [0.25, 0.3) is 10.0 Å².